The maximum atomic E-state index is 15.7. The molecule has 1 fully saturated rings. The van der Waals surface area contributed by atoms with Gasteiger partial charge in [-0.05, 0) is 140 Å². The number of aromatic amines is 1. The van der Waals surface area contributed by atoms with Crippen molar-refractivity contribution in [2.24, 2.45) is 17.8 Å². The van der Waals surface area contributed by atoms with Gasteiger partial charge >= 0.3 is 0 Å². The number of aliphatic hydroxyl groups is 2. The molecule has 6 atom stereocenters. The third kappa shape index (κ3) is 8.59. The number of allylic oxidation sites excluding steroid dienone is 1. The third-order valence-corrected chi connectivity index (χ3v) is 15.1. The van der Waals surface area contributed by atoms with Crippen molar-refractivity contribution in [3.8, 4) is 17.2 Å². The van der Waals surface area contributed by atoms with Gasteiger partial charge < -0.3 is 40.4 Å². The summed E-state index contributed by atoms with van der Waals surface area (Å²) in [5, 5.41) is 48.9. The topological polar surface area (TPSA) is 168 Å². The highest BCUT2D eigenvalue weighted by Crippen LogP contribution is 2.52. The number of phenolic OH excluding ortho intramolecular Hbond substituents is 2. The van der Waals surface area contributed by atoms with Gasteiger partial charge in [0.2, 0.25) is 0 Å². The van der Waals surface area contributed by atoms with E-state index in [1.807, 2.05) is 42.7 Å². The summed E-state index contributed by atoms with van der Waals surface area (Å²) in [7, 11) is 0. The summed E-state index contributed by atoms with van der Waals surface area (Å²) >= 11 is 0. The Balaban J connectivity index is 1.10. The van der Waals surface area contributed by atoms with E-state index in [1.54, 1.807) is 6.07 Å². The lowest BCUT2D eigenvalue weighted by Gasteiger charge is -2.41. The molecule has 0 saturated heterocycles. The predicted molar refractivity (Wildman–Crippen MR) is 251 cm³/mol. The molecule has 3 aromatic carbocycles. The van der Waals surface area contributed by atoms with Gasteiger partial charge in [0.05, 0.1) is 12.0 Å². The number of phenols is 2. The number of rotatable bonds is 8. The van der Waals surface area contributed by atoms with Gasteiger partial charge in [-0.2, -0.15) is 6.20 Å². The van der Waals surface area contributed by atoms with Crippen LogP contribution in [0.1, 0.15) is 132 Å². The van der Waals surface area contributed by atoms with Crippen molar-refractivity contribution in [1.29, 1.82) is 0 Å². The van der Waals surface area contributed by atoms with Crippen molar-refractivity contribution < 1.29 is 34.8 Å². The molecule has 5 aromatic rings. The molecule has 6 unspecified atom stereocenters. The Morgan fingerprint density at radius 1 is 0.815 bits per heavy atom. The first kappa shape index (κ1) is 43.1. The van der Waals surface area contributed by atoms with Gasteiger partial charge in [0.1, 0.15) is 11.5 Å². The Labute approximate surface area is 380 Å². The molecule has 10 heteroatoms. The molecule has 338 valence electrons. The fraction of sp³-hybridized carbons (Fsp3) is 0.418. The van der Waals surface area contributed by atoms with Gasteiger partial charge in [-0.25, -0.2) is 0 Å². The molecule has 65 heavy (non-hydrogen) atoms. The van der Waals surface area contributed by atoms with Crippen molar-refractivity contribution in [3.05, 3.63) is 146 Å². The highest BCUT2D eigenvalue weighted by atomic mass is 16.5. The molecule has 10 nitrogen and oxygen atoms in total. The number of hydrogen-bond acceptors (Lipinski definition) is 7. The summed E-state index contributed by atoms with van der Waals surface area (Å²) in [5.41, 5.74) is 10.3. The highest BCUT2D eigenvalue weighted by Gasteiger charge is 2.43. The van der Waals surface area contributed by atoms with E-state index in [-0.39, 0.29) is 73.0 Å². The molecule has 0 amide bonds. The molecule has 5 N–H and O–H groups in total. The van der Waals surface area contributed by atoms with Crippen molar-refractivity contribution in [2.45, 2.75) is 114 Å². The predicted octanol–water partition coefficient (Wildman–Crippen LogP) is 9.68. The van der Waals surface area contributed by atoms with Gasteiger partial charge in [0.15, 0.2) is 17.3 Å². The van der Waals surface area contributed by atoms with Crippen LogP contribution < -0.4 is 9.72 Å². The van der Waals surface area contributed by atoms with Gasteiger partial charge in [-0.15, -0.1) is 5.69 Å². The van der Waals surface area contributed by atoms with Crippen LogP contribution >= 0.6 is 0 Å². The Hall–Kier alpha value is -5.84. The fourth-order valence-corrected chi connectivity index (χ4v) is 11.8. The van der Waals surface area contributed by atoms with Crippen LogP contribution in [0.4, 0.5) is 5.82 Å². The number of fused-ring (bicyclic) bond motifs is 14. The van der Waals surface area contributed by atoms with Crippen LogP contribution in [-0.4, -0.2) is 62.3 Å². The number of Topliss-reactive ketones (excluding diaryl/α,β-unsaturated/α-hetero) is 2. The Bertz CT molecular complexity index is 2630. The number of ketones is 2. The lowest BCUT2D eigenvalue weighted by molar-refractivity contribution is -0.135. The number of aryl methyl sites for hydroxylation is 2. The Morgan fingerprint density at radius 3 is 2.54 bits per heavy atom. The molecular formula is C55H59N3O7-2. The quantitative estimate of drug-likeness (QED) is 0.0961. The van der Waals surface area contributed by atoms with E-state index in [0.717, 1.165) is 100 Å². The third-order valence-electron chi connectivity index (χ3n) is 15.1. The minimum atomic E-state index is -1.05. The van der Waals surface area contributed by atoms with E-state index < -0.39 is 17.9 Å². The normalized spacial score (nSPS) is 24.4. The van der Waals surface area contributed by atoms with Crippen molar-refractivity contribution in [2.75, 3.05) is 13.2 Å². The first-order valence-corrected chi connectivity index (χ1v) is 23.9. The second-order valence-corrected chi connectivity index (χ2v) is 19.1. The molecule has 3 heterocycles. The van der Waals surface area contributed by atoms with Gasteiger partial charge in [-0.3, -0.25) is 9.59 Å². The number of carbonyl (C=O) groups excluding carboxylic acids is 2. The molecular weight excluding hydrogens is 815 g/mol. The summed E-state index contributed by atoms with van der Waals surface area (Å²) in [4.78, 5) is 38.7. The lowest BCUT2D eigenvalue weighted by atomic mass is 9.66. The molecule has 4 aliphatic carbocycles. The number of aliphatic hydroxyl groups excluding tert-OH is 2. The maximum absolute atomic E-state index is 15.7. The number of aromatic nitrogens is 2. The molecule has 0 spiro atoms. The van der Waals surface area contributed by atoms with Crippen molar-refractivity contribution in [1.82, 2.24) is 9.97 Å². The number of hydrogen-bond donors (Lipinski definition) is 5. The average Bonchev–Trinajstić information content (AvgIpc) is 4.06. The first-order valence-electron chi connectivity index (χ1n) is 23.9. The van der Waals surface area contributed by atoms with E-state index >= 15 is 4.79 Å². The average molecular weight is 874 g/mol. The van der Waals surface area contributed by atoms with E-state index in [2.05, 4.69) is 47.5 Å². The van der Waals surface area contributed by atoms with Crippen LogP contribution in [0.15, 0.2) is 84.7 Å². The molecule has 10 rings (SSSR count). The molecule has 1 aliphatic heterocycles. The zero-order chi connectivity index (χ0) is 44.6. The van der Waals surface area contributed by atoms with Crippen LogP contribution in [-0.2, 0) is 35.3 Å². The van der Waals surface area contributed by atoms with Crippen molar-refractivity contribution in [3.63, 3.8) is 0 Å². The van der Waals surface area contributed by atoms with Gasteiger partial charge in [0, 0.05) is 49.0 Å². The zero-order valence-electron chi connectivity index (χ0n) is 36.9. The number of H-pyrrole nitrogens is 1. The Morgan fingerprint density at radius 2 is 1.69 bits per heavy atom. The van der Waals surface area contributed by atoms with Gasteiger partial charge in [0.25, 0.3) is 0 Å². The summed E-state index contributed by atoms with van der Waals surface area (Å²) in [6.07, 6.45) is 18.9. The summed E-state index contributed by atoms with van der Waals surface area (Å²) in [6.45, 7) is -0.312. The Kier molecular flexibility index (Phi) is 12.3. The summed E-state index contributed by atoms with van der Waals surface area (Å²) < 4.78 is 6.49. The van der Waals surface area contributed by atoms with E-state index in [9.17, 15) is 25.2 Å². The van der Waals surface area contributed by atoms with Crippen LogP contribution in [0, 0.1) is 17.8 Å². The number of aromatic hydroxyl groups is 2. The molecule has 2 aromatic heterocycles. The molecule has 1 saturated carbocycles. The molecule has 0 radical (unpaired) electrons. The zero-order valence-corrected chi connectivity index (χ0v) is 36.9. The number of carbonyl (C=O) groups is 2. The van der Waals surface area contributed by atoms with Crippen LogP contribution in [0.3, 0.4) is 0 Å². The van der Waals surface area contributed by atoms with Crippen molar-refractivity contribution >= 4 is 29.5 Å². The summed E-state index contributed by atoms with van der Waals surface area (Å²) in [6, 6.07) is 19.6. The molecule has 6 bridgehead atoms. The monoisotopic (exact) mass is 873 g/mol. The standard InChI is InChI=1S/C55H59N3O7/c59-24-20-36-13-9-33-26-37-27-34(30-51(53(37)63)65-38-5-1-2-6-38)11-17-50(62)43(21-25-60)54(64)52-45(28-32-8-12-35-4-3-7-49(61)39(35)14-10-32)41-18-22-56-48(41)31-46(52)47-16-15-40(44(36)29-33)42-19-23-57-55(42)58-47/h3-4,7,9-10,13-14,18-19,22-23,27,29-32,38,40,43,45,47,52,57,59-61,63H,1-2,5-6,8,11-12,15-17,20-21,24-26,28H2/q-2. The van der Waals surface area contributed by atoms with E-state index in [0.29, 0.717) is 49.8 Å². The maximum Gasteiger partial charge on any atom is 0.161 e. The second-order valence-electron chi connectivity index (χ2n) is 19.1. The number of benzene rings is 3. The van der Waals surface area contributed by atoms with E-state index in [1.165, 1.54) is 0 Å². The molecule has 5 aliphatic rings. The number of ether oxygens (including phenoxy) is 1. The largest absolute Gasteiger partial charge is 0.664 e. The van der Waals surface area contributed by atoms with E-state index in [4.69, 9.17) is 15.0 Å². The highest BCUT2D eigenvalue weighted by molar-refractivity contribution is 6.05. The minimum absolute atomic E-state index is 0.000959. The number of nitrogens with one attached hydrogen (secondary N) is 1. The summed E-state index contributed by atoms with van der Waals surface area (Å²) in [5.74, 6) is -0.963. The van der Waals surface area contributed by atoms with Gasteiger partial charge in [-0.1, -0.05) is 89.9 Å². The number of nitrogens with zero attached hydrogens (tertiary/aromatic N) is 2. The smallest absolute Gasteiger partial charge is 0.161 e. The van der Waals surface area contributed by atoms with Crippen LogP contribution in [0.5, 0.6) is 17.2 Å². The lowest BCUT2D eigenvalue weighted by Crippen LogP contribution is -2.39. The SMILES string of the molecule is O=C1CCc2cc(c(O)c(OC3CCCC3)c2)Cc2ccc(CCO)c(c2)C2CCC([N-]c3[nH]ccc32)C2=Cc3[n-]ccc3C(CC3C=Cc4c(O)cccc4CC3)C2C(=O)C1CCO. The van der Waals surface area contributed by atoms with Crippen LogP contribution in [0.2, 0.25) is 0 Å². The first-order chi connectivity index (χ1) is 31.8. The minimum Gasteiger partial charge on any atom is -0.664 e. The second kappa shape index (κ2) is 18.6. The van der Waals surface area contributed by atoms with Crippen LogP contribution in [0.25, 0.3) is 17.5 Å². The fourth-order valence-electron chi connectivity index (χ4n) is 11.8.